The number of aromatic nitrogens is 1. The number of hydrogen-bond donors (Lipinski definition) is 3. The van der Waals surface area contributed by atoms with Gasteiger partial charge in [-0.15, -0.1) is 0 Å². The predicted octanol–water partition coefficient (Wildman–Crippen LogP) is 3.66. The van der Waals surface area contributed by atoms with Crippen LogP contribution >= 0.6 is 0 Å². The maximum Gasteiger partial charge on any atom is 0.237 e. The van der Waals surface area contributed by atoms with E-state index in [0.29, 0.717) is 0 Å². The highest BCUT2D eigenvalue weighted by atomic mass is 16.2. The molecule has 0 bridgehead atoms. The third kappa shape index (κ3) is 3.99. The van der Waals surface area contributed by atoms with Crippen molar-refractivity contribution in [1.82, 2.24) is 15.6 Å². The standard InChI is InChI=1S/C20H29N3O/c1-2-3-4-5-6-9-12-21-20(24)18-13-16-15-10-7-8-11-17(15)23-19(16)14-22-18/h7-8,10-11,18,22-23H,2-6,9,12-14H2,1H3,(H,21,24)/t18-/m0/s1. The van der Waals surface area contributed by atoms with Crippen LogP contribution < -0.4 is 10.6 Å². The summed E-state index contributed by atoms with van der Waals surface area (Å²) >= 11 is 0. The summed E-state index contributed by atoms with van der Waals surface area (Å²) in [6.07, 6.45) is 8.26. The Hall–Kier alpha value is -1.81. The van der Waals surface area contributed by atoms with Gasteiger partial charge >= 0.3 is 0 Å². The Balaban J connectivity index is 1.47. The molecule has 3 N–H and O–H groups in total. The lowest BCUT2D eigenvalue weighted by atomic mass is 9.98. The fourth-order valence-electron chi connectivity index (χ4n) is 3.57. The molecule has 1 aliphatic heterocycles. The van der Waals surface area contributed by atoms with Crippen molar-refractivity contribution in [1.29, 1.82) is 0 Å². The predicted molar refractivity (Wildman–Crippen MR) is 99.0 cm³/mol. The summed E-state index contributed by atoms with van der Waals surface area (Å²) in [4.78, 5) is 15.9. The minimum atomic E-state index is -0.114. The first-order valence-corrected chi connectivity index (χ1v) is 9.39. The lowest BCUT2D eigenvalue weighted by Gasteiger charge is -2.23. The molecule has 0 fully saturated rings. The second-order valence-corrected chi connectivity index (χ2v) is 6.82. The summed E-state index contributed by atoms with van der Waals surface area (Å²) in [5, 5.41) is 7.72. The maximum absolute atomic E-state index is 12.4. The second-order valence-electron chi connectivity index (χ2n) is 6.82. The van der Waals surface area contributed by atoms with Crippen molar-refractivity contribution in [2.24, 2.45) is 0 Å². The molecule has 2 aromatic rings. The third-order valence-corrected chi connectivity index (χ3v) is 4.98. The number of H-pyrrole nitrogens is 1. The lowest BCUT2D eigenvalue weighted by Crippen LogP contribution is -2.47. The molecule has 0 unspecified atom stereocenters. The van der Waals surface area contributed by atoms with E-state index in [0.717, 1.165) is 31.4 Å². The summed E-state index contributed by atoms with van der Waals surface area (Å²) in [6, 6.07) is 8.23. The van der Waals surface area contributed by atoms with Crippen molar-refractivity contribution in [3.8, 4) is 0 Å². The van der Waals surface area contributed by atoms with Crippen LogP contribution in [0.5, 0.6) is 0 Å². The highest BCUT2D eigenvalue weighted by Crippen LogP contribution is 2.26. The molecule has 4 nitrogen and oxygen atoms in total. The van der Waals surface area contributed by atoms with Crippen LogP contribution in [0.4, 0.5) is 0 Å². The summed E-state index contributed by atoms with van der Waals surface area (Å²) in [5.74, 6) is 0.138. The molecule has 130 valence electrons. The highest BCUT2D eigenvalue weighted by molar-refractivity contribution is 5.88. The summed E-state index contributed by atoms with van der Waals surface area (Å²) < 4.78 is 0. The molecule has 4 heteroatoms. The molecule has 0 spiro atoms. The van der Waals surface area contributed by atoms with E-state index in [1.165, 1.54) is 48.7 Å². The van der Waals surface area contributed by atoms with Crippen molar-refractivity contribution in [3.05, 3.63) is 35.5 Å². The highest BCUT2D eigenvalue weighted by Gasteiger charge is 2.26. The van der Waals surface area contributed by atoms with Crippen LogP contribution in [0.25, 0.3) is 10.9 Å². The molecular weight excluding hydrogens is 298 g/mol. The second kappa shape index (κ2) is 8.34. The largest absolute Gasteiger partial charge is 0.357 e. The molecule has 0 radical (unpaired) electrons. The number of nitrogens with one attached hydrogen (secondary N) is 3. The molecule has 0 saturated carbocycles. The van der Waals surface area contributed by atoms with Gasteiger partial charge in [0.05, 0.1) is 6.04 Å². The van der Waals surface area contributed by atoms with Crippen LogP contribution in [0.2, 0.25) is 0 Å². The molecule has 3 rings (SSSR count). The zero-order valence-electron chi connectivity index (χ0n) is 14.7. The van der Waals surface area contributed by atoms with Gasteiger partial charge in [0.25, 0.3) is 0 Å². The summed E-state index contributed by atoms with van der Waals surface area (Å²) in [7, 11) is 0. The molecule has 1 aromatic heterocycles. The molecule has 1 aliphatic rings. The van der Waals surface area contributed by atoms with E-state index in [9.17, 15) is 4.79 Å². The number of carbonyl (C=O) groups is 1. The fourth-order valence-corrected chi connectivity index (χ4v) is 3.57. The van der Waals surface area contributed by atoms with Crippen LogP contribution in [0, 0.1) is 0 Å². The number of amides is 1. The quantitative estimate of drug-likeness (QED) is 0.648. The van der Waals surface area contributed by atoms with E-state index in [2.05, 4.69) is 40.7 Å². The van der Waals surface area contributed by atoms with Gasteiger partial charge < -0.3 is 10.3 Å². The van der Waals surface area contributed by atoms with Gasteiger partial charge in [0, 0.05) is 29.7 Å². The smallest absolute Gasteiger partial charge is 0.237 e. The van der Waals surface area contributed by atoms with Gasteiger partial charge in [-0.3, -0.25) is 10.1 Å². The minimum absolute atomic E-state index is 0.114. The Morgan fingerprint density at radius 1 is 1.17 bits per heavy atom. The topological polar surface area (TPSA) is 56.9 Å². The third-order valence-electron chi connectivity index (χ3n) is 4.98. The number of para-hydroxylation sites is 1. The van der Waals surface area contributed by atoms with Gasteiger partial charge in [-0.1, -0.05) is 57.2 Å². The number of hydrogen-bond acceptors (Lipinski definition) is 2. The average molecular weight is 327 g/mol. The average Bonchev–Trinajstić information content (AvgIpc) is 2.98. The maximum atomic E-state index is 12.4. The van der Waals surface area contributed by atoms with Crippen molar-refractivity contribution < 1.29 is 4.79 Å². The van der Waals surface area contributed by atoms with Crippen molar-refractivity contribution in [2.75, 3.05) is 6.54 Å². The van der Waals surface area contributed by atoms with Crippen molar-refractivity contribution >= 4 is 16.8 Å². The molecule has 1 atom stereocenters. The van der Waals surface area contributed by atoms with Crippen LogP contribution in [0.15, 0.2) is 24.3 Å². The summed E-state index contributed by atoms with van der Waals surface area (Å²) in [6.45, 7) is 3.76. The van der Waals surface area contributed by atoms with Gasteiger partial charge in [0.2, 0.25) is 5.91 Å². The molecule has 1 aromatic carbocycles. The number of rotatable bonds is 8. The van der Waals surface area contributed by atoms with Gasteiger partial charge in [0.1, 0.15) is 0 Å². The number of benzene rings is 1. The Morgan fingerprint density at radius 2 is 1.96 bits per heavy atom. The van der Waals surface area contributed by atoms with Crippen molar-refractivity contribution in [3.63, 3.8) is 0 Å². The lowest BCUT2D eigenvalue weighted by molar-refractivity contribution is -0.123. The zero-order valence-corrected chi connectivity index (χ0v) is 14.7. The van der Waals surface area contributed by atoms with Crippen LogP contribution in [0.1, 0.15) is 56.7 Å². The van der Waals surface area contributed by atoms with Gasteiger partial charge in [-0.25, -0.2) is 0 Å². The Bertz CT molecular complexity index is 677. The van der Waals surface area contributed by atoms with E-state index in [1.807, 2.05) is 6.07 Å². The van der Waals surface area contributed by atoms with Gasteiger partial charge in [-0.05, 0) is 24.5 Å². The van der Waals surface area contributed by atoms with E-state index in [-0.39, 0.29) is 11.9 Å². The van der Waals surface area contributed by atoms with Crippen LogP contribution in [-0.2, 0) is 17.8 Å². The first kappa shape index (κ1) is 17.0. The minimum Gasteiger partial charge on any atom is -0.357 e. The molecule has 0 aliphatic carbocycles. The molecule has 0 saturated heterocycles. The molecule has 24 heavy (non-hydrogen) atoms. The number of unbranched alkanes of at least 4 members (excludes halogenated alkanes) is 5. The number of carbonyl (C=O) groups excluding carboxylic acids is 1. The van der Waals surface area contributed by atoms with E-state index >= 15 is 0 Å². The molecule has 1 amide bonds. The first-order chi connectivity index (χ1) is 11.8. The molecule has 2 heterocycles. The van der Waals surface area contributed by atoms with E-state index in [1.54, 1.807) is 0 Å². The number of aromatic amines is 1. The Labute approximate surface area is 144 Å². The zero-order chi connectivity index (χ0) is 16.8. The monoisotopic (exact) mass is 327 g/mol. The first-order valence-electron chi connectivity index (χ1n) is 9.39. The van der Waals surface area contributed by atoms with Crippen LogP contribution in [-0.4, -0.2) is 23.5 Å². The SMILES string of the molecule is CCCCCCCCNC(=O)[C@@H]1Cc2c([nH]c3ccccc23)CN1. The molecular formula is C20H29N3O. The Kier molecular flexibility index (Phi) is 5.91. The summed E-state index contributed by atoms with van der Waals surface area (Å²) in [5.41, 5.74) is 3.68. The number of fused-ring (bicyclic) bond motifs is 3. The van der Waals surface area contributed by atoms with E-state index in [4.69, 9.17) is 0 Å². The Morgan fingerprint density at radius 3 is 2.83 bits per heavy atom. The van der Waals surface area contributed by atoms with Crippen LogP contribution in [0.3, 0.4) is 0 Å². The van der Waals surface area contributed by atoms with Gasteiger partial charge in [0.15, 0.2) is 0 Å². The fraction of sp³-hybridized carbons (Fsp3) is 0.550. The normalized spacial score (nSPS) is 17.0. The van der Waals surface area contributed by atoms with E-state index < -0.39 is 0 Å². The van der Waals surface area contributed by atoms with Gasteiger partial charge in [-0.2, -0.15) is 0 Å². The van der Waals surface area contributed by atoms with Crippen molar-refractivity contribution in [2.45, 2.75) is 64.5 Å².